The number of nitrogens with zero attached hydrogens (tertiary/aromatic N) is 2. The summed E-state index contributed by atoms with van der Waals surface area (Å²) < 4.78 is 4.61. The molecule has 1 heterocycles. The first-order valence-electron chi connectivity index (χ1n) is 6.86. The van der Waals surface area contributed by atoms with Crippen molar-refractivity contribution in [3.05, 3.63) is 63.9 Å². The molecule has 0 bridgehead atoms. The maximum atomic E-state index is 11.1. The highest BCUT2D eigenvalue weighted by Crippen LogP contribution is 2.13. The molecule has 0 saturated carbocycles. The van der Waals surface area contributed by atoms with Gasteiger partial charge in [0, 0.05) is 23.7 Å². The number of benzene rings is 1. The second kappa shape index (κ2) is 7.98. The number of halogens is 1. The first kappa shape index (κ1) is 16.5. The van der Waals surface area contributed by atoms with Gasteiger partial charge in [-0.1, -0.05) is 35.6 Å². The number of carbonyl (C=O) groups excluding carboxylic acids is 1. The van der Waals surface area contributed by atoms with E-state index in [4.69, 9.17) is 16.9 Å². The summed E-state index contributed by atoms with van der Waals surface area (Å²) in [6.45, 7) is 0. The molecule has 0 N–H and O–H groups in total. The molecule has 0 aliphatic carbocycles. The predicted molar refractivity (Wildman–Crippen MR) is 86.7 cm³/mol. The monoisotopic (exact) mass is 324 g/mol. The van der Waals surface area contributed by atoms with Gasteiger partial charge in [0.1, 0.15) is 6.07 Å². The van der Waals surface area contributed by atoms with Crippen LogP contribution in [0.4, 0.5) is 0 Å². The van der Waals surface area contributed by atoms with Gasteiger partial charge >= 0.3 is 5.97 Å². The molecule has 0 atom stereocenters. The Balaban J connectivity index is 2.06. The quantitative estimate of drug-likeness (QED) is 0.643. The van der Waals surface area contributed by atoms with Gasteiger partial charge in [0.2, 0.25) is 0 Å². The summed E-state index contributed by atoms with van der Waals surface area (Å²) in [5, 5.41) is 9.06. The molecule has 2 aromatic rings. The average Bonchev–Trinajstić information content (AvgIpc) is 2.58. The van der Waals surface area contributed by atoms with Crippen molar-refractivity contribution in [1.82, 2.24) is 4.98 Å². The zero-order chi connectivity index (χ0) is 16.7. The minimum Gasteiger partial charge on any atom is -0.469 e. The van der Waals surface area contributed by atoms with E-state index < -0.39 is 0 Å². The average molecular weight is 325 g/mol. The highest BCUT2D eigenvalue weighted by atomic mass is 35.5. The minimum absolute atomic E-state index is 0.187. The van der Waals surface area contributed by atoms with Crippen LogP contribution >= 0.6 is 11.6 Å². The van der Waals surface area contributed by atoms with Crippen molar-refractivity contribution in [1.29, 1.82) is 5.26 Å². The lowest BCUT2D eigenvalue weighted by atomic mass is 10.1. The van der Waals surface area contributed by atoms with Crippen molar-refractivity contribution < 1.29 is 9.53 Å². The number of ether oxygens (including phenoxy) is 1. The Kier molecular flexibility index (Phi) is 5.74. The van der Waals surface area contributed by atoms with Gasteiger partial charge in [-0.25, -0.2) is 4.98 Å². The highest BCUT2D eigenvalue weighted by molar-refractivity contribution is 6.31. The molecule has 0 fully saturated rings. The Morgan fingerprint density at radius 2 is 1.96 bits per heavy atom. The Morgan fingerprint density at radius 3 is 2.57 bits per heavy atom. The molecule has 23 heavy (non-hydrogen) atoms. The number of rotatable bonds is 3. The van der Waals surface area contributed by atoms with E-state index in [1.54, 1.807) is 6.07 Å². The Hall–Kier alpha value is -2.82. The number of aromatic nitrogens is 1. The zero-order valence-electron chi connectivity index (χ0n) is 12.5. The van der Waals surface area contributed by atoms with Gasteiger partial charge in [-0.15, -0.1) is 0 Å². The first-order valence-corrected chi connectivity index (χ1v) is 7.23. The van der Waals surface area contributed by atoms with Gasteiger partial charge in [-0.2, -0.15) is 5.26 Å². The summed E-state index contributed by atoms with van der Waals surface area (Å²) >= 11 is 5.91. The number of pyridine rings is 1. The molecule has 114 valence electrons. The van der Waals surface area contributed by atoms with E-state index in [-0.39, 0.29) is 16.7 Å². The molecule has 5 heteroatoms. The van der Waals surface area contributed by atoms with Crippen LogP contribution in [0.1, 0.15) is 28.8 Å². The molecule has 1 aromatic heterocycles. The molecular formula is C18H13ClN2O2. The zero-order valence-corrected chi connectivity index (χ0v) is 13.2. The van der Waals surface area contributed by atoms with E-state index in [2.05, 4.69) is 21.6 Å². The van der Waals surface area contributed by atoms with Crippen LogP contribution in [0.25, 0.3) is 0 Å². The molecular weight excluding hydrogens is 312 g/mol. The van der Waals surface area contributed by atoms with E-state index in [9.17, 15) is 4.79 Å². The number of esters is 1. The SMILES string of the molecule is COC(=O)CCc1ccc(C#Cc2cnc(C#N)c(Cl)c2)cc1. The summed E-state index contributed by atoms with van der Waals surface area (Å²) in [7, 11) is 1.38. The summed E-state index contributed by atoms with van der Waals surface area (Å²) in [6.07, 6.45) is 2.51. The standard InChI is InChI=1S/C18H13ClN2O2/c1-23-18(22)9-8-14-4-2-13(3-5-14)6-7-15-10-16(19)17(11-20)21-12-15/h2-5,10,12H,8-9H2,1H3. The van der Waals surface area contributed by atoms with Crippen LogP contribution in [-0.4, -0.2) is 18.1 Å². The Labute approximate surface area is 139 Å². The molecule has 0 spiro atoms. The van der Waals surface area contributed by atoms with Crippen molar-refractivity contribution in [2.45, 2.75) is 12.8 Å². The van der Waals surface area contributed by atoms with Crippen LogP contribution < -0.4 is 0 Å². The molecule has 0 amide bonds. The second-order valence-electron chi connectivity index (χ2n) is 4.69. The normalized spacial score (nSPS) is 9.43. The van der Waals surface area contributed by atoms with Crippen LogP contribution in [0.2, 0.25) is 5.02 Å². The number of hydrogen-bond donors (Lipinski definition) is 0. The van der Waals surface area contributed by atoms with Gasteiger partial charge in [0.15, 0.2) is 5.69 Å². The number of methoxy groups -OCH3 is 1. The van der Waals surface area contributed by atoms with Crippen LogP contribution in [-0.2, 0) is 16.0 Å². The fourth-order valence-corrected chi connectivity index (χ4v) is 2.04. The maximum absolute atomic E-state index is 11.1. The van der Waals surface area contributed by atoms with Crippen molar-refractivity contribution in [2.24, 2.45) is 0 Å². The molecule has 2 rings (SSSR count). The van der Waals surface area contributed by atoms with Crippen molar-refractivity contribution in [3.8, 4) is 17.9 Å². The topological polar surface area (TPSA) is 63.0 Å². The van der Waals surface area contributed by atoms with E-state index in [0.29, 0.717) is 18.4 Å². The molecule has 0 aliphatic heterocycles. The molecule has 0 unspecified atom stereocenters. The van der Waals surface area contributed by atoms with Gasteiger partial charge in [0.25, 0.3) is 0 Å². The molecule has 0 radical (unpaired) electrons. The molecule has 0 aliphatic rings. The van der Waals surface area contributed by atoms with Gasteiger partial charge in [0.05, 0.1) is 12.1 Å². The smallest absolute Gasteiger partial charge is 0.305 e. The first-order chi connectivity index (χ1) is 11.1. The van der Waals surface area contributed by atoms with Crippen LogP contribution in [0, 0.1) is 23.2 Å². The summed E-state index contributed by atoms with van der Waals surface area (Å²) in [6, 6.07) is 11.1. The lowest BCUT2D eigenvalue weighted by Gasteiger charge is -2.00. The van der Waals surface area contributed by atoms with Crippen LogP contribution in [0.3, 0.4) is 0 Å². The van der Waals surface area contributed by atoms with Gasteiger partial charge in [-0.3, -0.25) is 4.79 Å². The molecule has 0 saturated heterocycles. The predicted octanol–water partition coefficient (Wildman–Crippen LogP) is 3.11. The van der Waals surface area contributed by atoms with E-state index in [1.807, 2.05) is 30.3 Å². The van der Waals surface area contributed by atoms with E-state index in [1.165, 1.54) is 13.3 Å². The maximum Gasteiger partial charge on any atom is 0.305 e. The van der Waals surface area contributed by atoms with E-state index in [0.717, 1.165) is 11.1 Å². The summed E-state index contributed by atoms with van der Waals surface area (Å²) in [5.74, 6) is 5.73. The van der Waals surface area contributed by atoms with E-state index >= 15 is 0 Å². The van der Waals surface area contributed by atoms with Gasteiger partial charge < -0.3 is 4.74 Å². The number of hydrogen-bond acceptors (Lipinski definition) is 4. The Morgan fingerprint density at radius 1 is 1.26 bits per heavy atom. The van der Waals surface area contributed by atoms with Crippen molar-refractivity contribution in [3.63, 3.8) is 0 Å². The summed E-state index contributed by atoms with van der Waals surface area (Å²) in [5.41, 5.74) is 2.72. The third kappa shape index (κ3) is 4.85. The summed E-state index contributed by atoms with van der Waals surface area (Å²) in [4.78, 5) is 15.0. The Bertz CT molecular complexity index is 812. The number of nitriles is 1. The third-order valence-corrected chi connectivity index (χ3v) is 3.39. The highest BCUT2D eigenvalue weighted by Gasteiger charge is 2.02. The number of carbonyl (C=O) groups is 1. The lowest BCUT2D eigenvalue weighted by molar-refractivity contribution is -0.140. The second-order valence-corrected chi connectivity index (χ2v) is 5.10. The minimum atomic E-state index is -0.223. The van der Waals surface area contributed by atoms with Crippen molar-refractivity contribution in [2.75, 3.05) is 7.11 Å². The fourth-order valence-electron chi connectivity index (χ4n) is 1.84. The lowest BCUT2D eigenvalue weighted by Crippen LogP contribution is -2.01. The van der Waals surface area contributed by atoms with Crippen LogP contribution in [0.15, 0.2) is 36.5 Å². The van der Waals surface area contributed by atoms with Crippen LogP contribution in [0.5, 0.6) is 0 Å². The third-order valence-electron chi connectivity index (χ3n) is 3.10. The van der Waals surface area contributed by atoms with Crippen molar-refractivity contribution >= 4 is 17.6 Å². The molecule has 4 nitrogen and oxygen atoms in total. The fraction of sp³-hybridized carbons (Fsp3) is 0.167. The largest absolute Gasteiger partial charge is 0.469 e. The van der Waals surface area contributed by atoms with Gasteiger partial charge in [-0.05, 0) is 30.2 Å². The number of aryl methyl sites for hydroxylation is 1. The molecule has 1 aromatic carbocycles.